The summed E-state index contributed by atoms with van der Waals surface area (Å²) in [6.45, 7) is 3.63. The lowest BCUT2D eigenvalue weighted by atomic mass is 10.8. The minimum absolute atomic E-state index is 0.921. The Labute approximate surface area is 67.2 Å². The summed E-state index contributed by atoms with van der Waals surface area (Å²) >= 11 is 1.76. The fourth-order valence-corrected chi connectivity index (χ4v) is 3.45. The Bertz CT molecular complexity index is 132. The van der Waals surface area contributed by atoms with Gasteiger partial charge < -0.3 is 0 Å². The van der Waals surface area contributed by atoms with Gasteiger partial charge in [-0.25, -0.2) is 0 Å². The van der Waals surface area contributed by atoms with Gasteiger partial charge in [0.25, 0.3) is 0 Å². The molecule has 0 saturated heterocycles. The van der Waals surface area contributed by atoms with E-state index in [2.05, 4.69) is 11.6 Å². The first-order valence-corrected chi connectivity index (χ1v) is 5.81. The molecule has 0 fully saturated rings. The third kappa shape index (κ3) is 2.69. The van der Waals surface area contributed by atoms with Crippen LogP contribution in [0.4, 0.5) is 0 Å². The number of aliphatic imine (C=N–C) groups is 1. The zero-order chi connectivity index (χ0) is 6.53. The predicted molar refractivity (Wildman–Crippen MR) is 50.1 cm³/mol. The average Bonchev–Trinajstić information content (AvgIpc) is 2.34. The number of hydrogen-bond donors (Lipinski definition) is 0. The molecule has 0 bridgehead atoms. The summed E-state index contributed by atoms with van der Waals surface area (Å²) in [5.74, 6) is 1.90. The van der Waals surface area contributed by atoms with E-state index in [1.807, 2.05) is 6.08 Å². The summed E-state index contributed by atoms with van der Waals surface area (Å²) in [5.41, 5.74) is 0. The molecular formula is C5H7NS3. The molecule has 0 saturated carbocycles. The molecular weight excluding hydrogens is 170 g/mol. The molecule has 0 atom stereocenters. The Morgan fingerprint density at radius 1 is 1.89 bits per heavy atom. The van der Waals surface area contributed by atoms with Crippen molar-refractivity contribution in [1.82, 2.24) is 0 Å². The fraction of sp³-hybridized carbons (Fsp3) is 0.400. The maximum atomic E-state index is 4.23. The Morgan fingerprint density at radius 3 is 3.33 bits per heavy atom. The van der Waals surface area contributed by atoms with Crippen molar-refractivity contribution in [2.75, 3.05) is 11.6 Å². The van der Waals surface area contributed by atoms with Crippen LogP contribution in [0.5, 0.6) is 0 Å². The highest BCUT2D eigenvalue weighted by Gasteiger charge is 2.05. The molecule has 1 aliphatic heterocycles. The summed E-state index contributed by atoms with van der Waals surface area (Å²) in [6.07, 6.45) is 1.90. The molecule has 0 amide bonds. The highest BCUT2D eigenvalue weighted by molar-refractivity contribution is 8.86. The van der Waals surface area contributed by atoms with Crippen LogP contribution >= 0.6 is 33.3 Å². The zero-order valence-corrected chi connectivity index (χ0v) is 7.32. The van der Waals surface area contributed by atoms with Crippen LogP contribution in [0.15, 0.2) is 17.6 Å². The van der Waals surface area contributed by atoms with Crippen LogP contribution < -0.4 is 0 Å². The van der Waals surface area contributed by atoms with Crippen LogP contribution in [0.1, 0.15) is 0 Å². The third-order valence-electron chi connectivity index (χ3n) is 0.701. The molecule has 0 aromatic carbocycles. The van der Waals surface area contributed by atoms with Crippen molar-refractivity contribution in [3.05, 3.63) is 12.7 Å². The Kier molecular flexibility index (Phi) is 3.62. The van der Waals surface area contributed by atoms with E-state index in [9.17, 15) is 0 Å². The van der Waals surface area contributed by atoms with Crippen LogP contribution in [0.2, 0.25) is 0 Å². The number of hydrogen-bond acceptors (Lipinski definition) is 4. The van der Waals surface area contributed by atoms with Gasteiger partial charge in [0.2, 0.25) is 0 Å². The van der Waals surface area contributed by atoms with Gasteiger partial charge in [0.15, 0.2) is 0 Å². The zero-order valence-electron chi connectivity index (χ0n) is 4.87. The summed E-state index contributed by atoms with van der Waals surface area (Å²) in [7, 11) is 3.55. The van der Waals surface area contributed by atoms with E-state index in [0.29, 0.717) is 0 Å². The maximum Gasteiger partial charge on any atom is 0.136 e. The van der Waals surface area contributed by atoms with Crippen molar-refractivity contribution in [2.24, 2.45) is 4.99 Å². The minimum Gasteiger partial charge on any atom is -0.259 e. The van der Waals surface area contributed by atoms with E-state index in [-0.39, 0.29) is 0 Å². The summed E-state index contributed by atoms with van der Waals surface area (Å²) < 4.78 is 1.19. The Balaban J connectivity index is 2.18. The first kappa shape index (κ1) is 7.57. The molecule has 1 heterocycles. The third-order valence-corrected chi connectivity index (χ3v) is 4.17. The van der Waals surface area contributed by atoms with Gasteiger partial charge in [-0.05, 0) is 10.8 Å². The topological polar surface area (TPSA) is 12.4 Å². The largest absolute Gasteiger partial charge is 0.259 e. The Morgan fingerprint density at radius 2 is 2.78 bits per heavy atom. The lowest BCUT2D eigenvalue weighted by Gasteiger charge is -1.90. The Hall–Kier alpha value is 0.460. The van der Waals surface area contributed by atoms with Gasteiger partial charge in [-0.3, -0.25) is 4.99 Å². The molecule has 0 unspecified atom stereocenters. The summed E-state index contributed by atoms with van der Waals surface area (Å²) in [6, 6.07) is 0. The van der Waals surface area contributed by atoms with Crippen molar-refractivity contribution >= 4 is 37.7 Å². The van der Waals surface area contributed by atoms with Crippen molar-refractivity contribution in [3.8, 4) is 0 Å². The summed E-state index contributed by atoms with van der Waals surface area (Å²) in [4.78, 5) is 4.23. The van der Waals surface area contributed by atoms with E-state index in [1.165, 1.54) is 4.38 Å². The molecule has 0 radical (unpaired) electrons. The standard InChI is InChI=1S/C5H7NS3/c1-2-3-7-5-6-4-8-9-5/h2H,1,3-4H2. The molecule has 1 nitrogen and oxygen atoms in total. The van der Waals surface area contributed by atoms with E-state index < -0.39 is 0 Å². The first-order valence-electron chi connectivity index (χ1n) is 2.51. The van der Waals surface area contributed by atoms with E-state index in [1.54, 1.807) is 33.3 Å². The SMILES string of the molecule is C=CCSC1=NCSS1. The minimum atomic E-state index is 0.921. The number of rotatable bonds is 2. The molecule has 9 heavy (non-hydrogen) atoms. The molecule has 0 aromatic rings. The fourth-order valence-electron chi connectivity index (χ4n) is 0.382. The molecule has 0 spiro atoms. The van der Waals surface area contributed by atoms with E-state index in [4.69, 9.17) is 0 Å². The average molecular weight is 177 g/mol. The monoisotopic (exact) mass is 177 g/mol. The van der Waals surface area contributed by atoms with Crippen LogP contribution in [0.3, 0.4) is 0 Å². The van der Waals surface area contributed by atoms with Crippen LogP contribution in [-0.2, 0) is 0 Å². The predicted octanol–water partition coefficient (Wildman–Crippen LogP) is 2.61. The van der Waals surface area contributed by atoms with Crippen molar-refractivity contribution in [1.29, 1.82) is 0 Å². The van der Waals surface area contributed by atoms with Crippen LogP contribution in [0, 0.1) is 0 Å². The smallest absolute Gasteiger partial charge is 0.136 e. The molecule has 1 aliphatic rings. The highest BCUT2D eigenvalue weighted by Crippen LogP contribution is 2.34. The lowest BCUT2D eigenvalue weighted by Crippen LogP contribution is -1.78. The number of nitrogens with zero attached hydrogens (tertiary/aromatic N) is 1. The maximum absolute atomic E-state index is 4.23. The lowest BCUT2D eigenvalue weighted by molar-refractivity contribution is 1.42. The van der Waals surface area contributed by atoms with Gasteiger partial charge in [-0.1, -0.05) is 28.6 Å². The van der Waals surface area contributed by atoms with Crippen molar-refractivity contribution < 1.29 is 0 Å². The molecule has 0 aliphatic carbocycles. The first-order chi connectivity index (χ1) is 4.43. The molecule has 50 valence electrons. The second-order valence-corrected chi connectivity index (χ2v) is 4.88. The van der Waals surface area contributed by atoms with Gasteiger partial charge in [-0.2, -0.15) is 0 Å². The second kappa shape index (κ2) is 4.30. The van der Waals surface area contributed by atoms with E-state index in [0.717, 1.165) is 11.6 Å². The normalized spacial score (nSPS) is 17.6. The van der Waals surface area contributed by atoms with E-state index >= 15 is 0 Å². The number of thioether (sulfide) groups is 1. The highest BCUT2D eigenvalue weighted by atomic mass is 33.1. The molecule has 4 heteroatoms. The van der Waals surface area contributed by atoms with Crippen molar-refractivity contribution in [3.63, 3.8) is 0 Å². The second-order valence-electron chi connectivity index (χ2n) is 1.35. The van der Waals surface area contributed by atoms with Gasteiger partial charge in [-0.15, -0.1) is 6.58 Å². The summed E-state index contributed by atoms with van der Waals surface area (Å²) in [5, 5.41) is 0. The van der Waals surface area contributed by atoms with Gasteiger partial charge in [0.1, 0.15) is 4.38 Å². The van der Waals surface area contributed by atoms with Gasteiger partial charge >= 0.3 is 0 Å². The quantitative estimate of drug-likeness (QED) is 0.475. The van der Waals surface area contributed by atoms with Gasteiger partial charge in [0, 0.05) is 5.75 Å². The van der Waals surface area contributed by atoms with Crippen LogP contribution in [-0.4, -0.2) is 16.0 Å². The van der Waals surface area contributed by atoms with Crippen LogP contribution in [0.25, 0.3) is 0 Å². The molecule has 1 rings (SSSR count). The molecule has 0 N–H and O–H groups in total. The molecule has 0 aromatic heterocycles. The van der Waals surface area contributed by atoms with Gasteiger partial charge in [0.05, 0.1) is 5.88 Å². The van der Waals surface area contributed by atoms with Crippen molar-refractivity contribution in [2.45, 2.75) is 0 Å².